The highest BCUT2D eigenvalue weighted by Crippen LogP contribution is 2.12. The van der Waals surface area contributed by atoms with Crippen LogP contribution in [0.1, 0.15) is 25.8 Å². The third-order valence-corrected chi connectivity index (χ3v) is 3.10. The quantitative estimate of drug-likeness (QED) is 0.765. The molecular formula is C15H23NO3. The molecule has 0 aromatic heterocycles. The van der Waals surface area contributed by atoms with E-state index in [1.54, 1.807) is 7.11 Å². The second kappa shape index (κ2) is 7.26. The number of ether oxygens (including phenoxy) is 2. The van der Waals surface area contributed by atoms with Gasteiger partial charge in [0.05, 0.1) is 12.2 Å². The normalized spacial score (nSPS) is 13.1. The number of rotatable bonds is 7. The highest BCUT2D eigenvalue weighted by Gasteiger charge is 2.19. The highest BCUT2D eigenvalue weighted by molar-refractivity contribution is 5.75. The number of hydrogen-bond donors (Lipinski definition) is 1. The fourth-order valence-electron chi connectivity index (χ4n) is 1.56. The molecule has 1 rings (SSSR count). The Bertz CT molecular complexity index is 390. The zero-order valence-corrected chi connectivity index (χ0v) is 11.9. The summed E-state index contributed by atoms with van der Waals surface area (Å²) in [7, 11) is 1.64. The van der Waals surface area contributed by atoms with Crippen LogP contribution in [0, 0.1) is 0 Å². The zero-order valence-electron chi connectivity index (χ0n) is 11.9. The molecule has 19 heavy (non-hydrogen) atoms. The highest BCUT2D eigenvalue weighted by atomic mass is 16.5. The maximum atomic E-state index is 11.7. The molecule has 4 heteroatoms. The average Bonchev–Trinajstić information content (AvgIpc) is 2.39. The van der Waals surface area contributed by atoms with Gasteiger partial charge in [-0.05, 0) is 25.8 Å². The van der Waals surface area contributed by atoms with Crippen molar-refractivity contribution in [2.75, 3.05) is 13.7 Å². The van der Waals surface area contributed by atoms with Gasteiger partial charge in [0.1, 0.15) is 6.04 Å². The van der Waals surface area contributed by atoms with Crippen molar-refractivity contribution in [3.8, 4) is 0 Å². The first kappa shape index (κ1) is 15.7. The molecule has 0 aliphatic carbocycles. The average molecular weight is 265 g/mol. The van der Waals surface area contributed by atoms with Gasteiger partial charge in [0.2, 0.25) is 0 Å². The van der Waals surface area contributed by atoms with Crippen molar-refractivity contribution in [2.45, 2.75) is 38.3 Å². The van der Waals surface area contributed by atoms with E-state index in [1.165, 1.54) is 0 Å². The maximum Gasteiger partial charge on any atom is 0.323 e. The van der Waals surface area contributed by atoms with Crippen molar-refractivity contribution in [1.82, 2.24) is 0 Å². The fourth-order valence-corrected chi connectivity index (χ4v) is 1.56. The van der Waals surface area contributed by atoms with Gasteiger partial charge in [-0.25, -0.2) is 0 Å². The van der Waals surface area contributed by atoms with Crippen molar-refractivity contribution >= 4 is 5.97 Å². The van der Waals surface area contributed by atoms with Crippen LogP contribution in [0.25, 0.3) is 0 Å². The fraction of sp³-hybridized carbons (Fsp3) is 0.533. The van der Waals surface area contributed by atoms with E-state index in [4.69, 9.17) is 15.2 Å². The number of hydrogen-bond acceptors (Lipinski definition) is 4. The minimum atomic E-state index is -0.618. The Hall–Kier alpha value is -1.39. The summed E-state index contributed by atoms with van der Waals surface area (Å²) < 4.78 is 10.4. The maximum absolute atomic E-state index is 11.7. The Kier molecular flexibility index (Phi) is 5.99. The summed E-state index contributed by atoms with van der Waals surface area (Å²) in [6, 6.07) is 9.05. The zero-order chi connectivity index (χ0) is 14.3. The standard InChI is InChI=1S/C15H23NO3/c1-15(2,18-3)9-10-19-14(17)13(16)11-12-7-5-4-6-8-12/h4-8,13H,9-11,16H2,1-3H3. The van der Waals surface area contributed by atoms with Gasteiger partial charge in [-0.15, -0.1) is 0 Å². The van der Waals surface area contributed by atoms with Crippen molar-refractivity contribution < 1.29 is 14.3 Å². The molecule has 0 bridgehead atoms. The summed E-state index contributed by atoms with van der Waals surface area (Å²) in [5.74, 6) is -0.365. The SMILES string of the molecule is COC(C)(C)CCOC(=O)C(N)Cc1ccccc1. The van der Waals surface area contributed by atoms with Crippen LogP contribution in [0.4, 0.5) is 0 Å². The van der Waals surface area contributed by atoms with Crippen LogP contribution < -0.4 is 5.73 Å². The van der Waals surface area contributed by atoms with E-state index < -0.39 is 6.04 Å². The van der Waals surface area contributed by atoms with E-state index in [-0.39, 0.29) is 11.6 Å². The molecule has 1 aromatic rings. The van der Waals surface area contributed by atoms with E-state index in [2.05, 4.69) is 0 Å². The largest absolute Gasteiger partial charge is 0.464 e. The summed E-state index contributed by atoms with van der Waals surface area (Å²) >= 11 is 0. The molecule has 0 spiro atoms. The van der Waals surface area contributed by atoms with Crippen LogP contribution in [0.2, 0.25) is 0 Å². The molecule has 1 atom stereocenters. The van der Waals surface area contributed by atoms with Gasteiger partial charge in [-0.3, -0.25) is 4.79 Å². The number of nitrogens with two attached hydrogens (primary N) is 1. The van der Waals surface area contributed by atoms with Gasteiger partial charge in [0.25, 0.3) is 0 Å². The number of carbonyl (C=O) groups excluding carboxylic acids is 1. The van der Waals surface area contributed by atoms with Crippen molar-refractivity contribution in [2.24, 2.45) is 5.73 Å². The van der Waals surface area contributed by atoms with Crippen LogP contribution in [0.3, 0.4) is 0 Å². The third-order valence-electron chi connectivity index (χ3n) is 3.10. The number of benzene rings is 1. The molecule has 0 fully saturated rings. The smallest absolute Gasteiger partial charge is 0.323 e. The van der Waals surface area contributed by atoms with Gasteiger partial charge in [0, 0.05) is 13.5 Å². The molecule has 0 heterocycles. The summed E-state index contributed by atoms with van der Waals surface area (Å²) in [4.78, 5) is 11.7. The first-order valence-corrected chi connectivity index (χ1v) is 6.46. The van der Waals surface area contributed by atoms with Crippen LogP contribution in [0.15, 0.2) is 30.3 Å². The lowest BCUT2D eigenvalue weighted by atomic mass is 10.1. The Morgan fingerprint density at radius 3 is 2.53 bits per heavy atom. The third kappa shape index (κ3) is 5.85. The van der Waals surface area contributed by atoms with Crippen LogP contribution in [-0.4, -0.2) is 31.3 Å². The molecule has 0 saturated carbocycles. The van der Waals surface area contributed by atoms with Crippen LogP contribution in [-0.2, 0) is 20.7 Å². The lowest BCUT2D eigenvalue weighted by Gasteiger charge is -2.22. The molecule has 106 valence electrons. The van der Waals surface area contributed by atoms with Crippen molar-refractivity contribution in [3.05, 3.63) is 35.9 Å². The topological polar surface area (TPSA) is 61.5 Å². The predicted octanol–water partition coefficient (Wildman–Crippen LogP) is 1.91. The predicted molar refractivity (Wildman–Crippen MR) is 74.8 cm³/mol. The van der Waals surface area contributed by atoms with E-state index >= 15 is 0 Å². The molecule has 1 unspecified atom stereocenters. The Morgan fingerprint density at radius 2 is 1.95 bits per heavy atom. The van der Waals surface area contributed by atoms with Gasteiger partial charge in [0.15, 0.2) is 0 Å². The molecule has 1 aromatic carbocycles. The van der Waals surface area contributed by atoms with Gasteiger partial charge in [-0.2, -0.15) is 0 Å². The monoisotopic (exact) mass is 265 g/mol. The van der Waals surface area contributed by atoms with Gasteiger partial charge in [-0.1, -0.05) is 30.3 Å². The van der Waals surface area contributed by atoms with Crippen molar-refractivity contribution in [1.29, 1.82) is 0 Å². The molecule has 0 saturated heterocycles. The number of esters is 1. The first-order chi connectivity index (χ1) is 8.94. The molecule has 0 aliphatic rings. The van der Waals surface area contributed by atoms with Crippen LogP contribution >= 0.6 is 0 Å². The minimum Gasteiger partial charge on any atom is -0.464 e. The van der Waals surface area contributed by atoms with Crippen molar-refractivity contribution in [3.63, 3.8) is 0 Å². The van der Waals surface area contributed by atoms with Crippen LogP contribution in [0.5, 0.6) is 0 Å². The Balaban J connectivity index is 2.33. The van der Waals surface area contributed by atoms with Gasteiger partial charge >= 0.3 is 5.97 Å². The Morgan fingerprint density at radius 1 is 1.32 bits per heavy atom. The molecular weight excluding hydrogens is 242 g/mol. The number of methoxy groups -OCH3 is 1. The lowest BCUT2D eigenvalue weighted by molar-refractivity contribution is -0.146. The molecule has 4 nitrogen and oxygen atoms in total. The first-order valence-electron chi connectivity index (χ1n) is 6.46. The van der Waals surface area contributed by atoms with Gasteiger partial charge < -0.3 is 15.2 Å². The minimum absolute atomic E-state index is 0.288. The molecule has 2 N–H and O–H groups in total. The van der Waals surface area contributed by atoms with E-state index in [9.17, 15) is 4.79 Å². The summed E-state index contributed by atoms with van der Waals surface area (Å²) in [5, 5.41) is 0. The molecule has 0 radical (unpaired) electrons. The van der Waals surface area contributed by atoms with E-state index in [0.29, 0.717) is 19.4 Å². The summed E-state index contributed by atoms with van der Waals surface area (Å²) in [6.07, 6.45) is 1.14. The summed E-state index contributed by atoms with van der Waals surface area (Å²) in [6.45, 7) is 4.22. The summed E-state index contributed by atoms with van der Waals surface area (Å²) in [5.41, 5.74) is 6.57. The number of carbonyl (C=O) groups is 1. The second-order valence-corrected chi connectivity index (χ2v) is 5.18. The van der Waals surface area contributed by atoms with E-state index in [0.717, 1.165) is 5.56 Å². The Labute approximate surface area is 114 Å². The second-order valence-electron chi connectivity index (χ2n) is 5.18. The lowest BCUT2D eigenvalue weighted by Crippen LogP contribution is -2.35. The molecule has 0 aliphatic heterocycles. The van der Waals surface area contributed by atoms with E-state index in [1.807, 2.05) is 44.2 Å². The molecule has 0 amide bonds.